The molecule has 0 atom stereocenters. The van der Waals surface area contributed by atoms with Crippen LogP contribution in [0.4, 0.5) is 0 Å². The van der Waals surface area contributed by atoms with Crippen molar-refractivity contribution in [3.05, 3.63) is 34.3 Å². The van der Waals surface area contributed by atoms with Gasteiger partial charge in [-0.05, 0) is 38.0 Å². The Kier molecular flexibility index (Phi) is 3.58. The number of halogens is 1. The summed E-state index contributed by atoms with van der Waals surface area (Å²) >= 11 is 3.32. The van der Waals surface area contributed by atoms with Crippen molar-refractivity contribution in [2.24, 2.45) is 5.14 Å². The molecule has 0 spiro atoms. The molecule has 1 rings (SSSR count). The minimum Gasteiger partial charge on any atom is -0.228 e. The highest BCUT2D eigenvalue weighted by atomic mass is 79.9. The third-order valence-electron chi connectivity index (χ3n) is 2.31. The first-order chi connectivity index (χ1) is 6.72. The second-order valence-electron chi connectivity index (χ2n) is 4.11. The lowest BCUT2D eigenvalue weighted by molar-refractivity contribution is 0.545. The summed E-state index contributed by atoms with van der Waals surface area (Å²) in [7, 11) is -3.52. The molecule has 1 aromatic rings. The monoisotopic (exact) mass is 291 g/mol. The maximum absolute atomic E-state index is 11.3. The van der Waals surface area contributed by atoms with Crippen LogP contribution in [0.2, 0.25) is 0 Å². The zero-order valence-corrected chi connectivity index (χ0v) is 11.1. The fraction of sp³-hybridized carbons (Fsp3) is 0.400. The lowest BCUT2D eigenvalue weighted by Gasteiger charge is -2.21. The molecule has 3 nitrogen and oxygen atoms in total. The van der Waals surface area contributed by atoms with Crippen LogP contribution in [0.3, 0.4) is 0 Å². The zero-order chi connectivity index (χ0) is 11.7. The number of nitrogens with two attached hydrogens (primary N) is 1. The van der Waals surface area contributed by atoms with Gasteiger partial charge in [-0.15, -0.1) is 0 Å². The Labute approximate surface area is 98.9 Å². The van der Waals surface area contributed by atoms with E-state index in [4.69, 9.17) is 5.14 Å². The van der Waals surface area contributed by atoms with Gasteiger partial charge < -0.3 is 0 Å². The summed E-state index contributed by atoms with van der Waals surface area (Å²) in [4.78, 5) is 0. The maximum atomic E-state index is 11.3. The topological polar surface area (TPSA) is 60.2 Å². The van der Waals surface area contributed by atoms with E-state index in [2.05, 4.69) is 15.9 Å². The van der Waals surface area contributed by atoms with Crippen molar-refractivity contribution in [3.63, 3.8) is 0 Å². The predicted octanol–water partition coefficient (Wildman–Crippen LogP) is 2.06. The van der Waals surface area contributed by atoms with Gasteiger partial charge in [0.25, 0.3) is 0 Å². The van der Waals surface area contributed by atoms with Crippen LogP contribution in [0.15, 0.2) is 28.7 Å². The summed E-state index contributed by atoms with van der Waals surface area (Å²) in [5.74, 6) is 0. The van der Waals surface area contributed by atoms with E-state index < -0.39 is 14.8 Å². The fourth-order valence-electron chi connectivity index (χ4n) is 1.19. The van der Waals surface area contributed by atoms with Crippen molar-refractivity contribution in [1.29, 1.82) is 0 Å². The molecule has 0 saturated heterocycles. The van der Waals surface area contributed by atoms with E-state index in [0.29, 0.717) is 6.42 Å². The number of hydrogen-bond acceptors (Lipinski definition) is 2. The van der Waals surface area contributed by atoms with E-state index in [1.54, 1.807) is 13.8 Å². The highest BCUT2D eigenvalue weighted by molar-refractivity contribution is 9.10. The molecule has 84 valence electrons. The molecule has 0 aliphatic rings. The average Bonchev–Trinajstić information content (AvgIpc) is 2.06. The normalized spacial score (nSPS) is 12.8. The highest BCUT2D eigenvalue weighted by Gasteiger charge is 2.30. The summed E-state index contributed by atoms with van der Waals surface area (Å²) < 4.78 is 22.6. The van der Waals surface area contributed by atoms with Gasteiger partial charge in [-0.2, -0.15) is 0 Å². The Morgan fingerprint density at radius 2 is 1.73 bits per heavy atom. The van der Waals surface area contributed by atoms with Gasteiger partial charge in [-0.3, -0.25) is 0 Å². The van der Waals surface area contributed by atoms with Gasteiger partial charge in [-0.1, -0.05) is 28.1 Å². The molecule has 0 fully saturated rings. The first-order valence-corrected chi connectivity index (χ1v) is 6.83. The molecular weight excluding hydrogens is 278 g/mol. The summed E-state index contributed by atoms with van der Waals surface area (Å²) in [5.41, 5.74) is 0.956. The first kappa shape index (κ1) is 12.7. The Morgan fingerprint density at radius 3 is 2.13 bits per heavy atom. The second-order valence-corrected chi connectivity index (χ2v) is 7.22. The van der Waals surface area contributed by atoms with Crippen molar-refractivity contribution < 1.29 is 8.42 Å². The SMILES string of the molecule is CC(C)(Cc1ccc(Br)cc1)S(N)(=O)=O. The molecule has 2 N–H and O–H groups in total. The molecule has 15 heavy (non-hydrogen) atoms. The predicted molar refractivity (Wildman–Crippen MR) is 65.0 cm³/mol. The van der Waals surface area contributed by atoms with Crippen molar-refractivity contribution in [2.75, 3.05) is 0 Å². The van der Waals surface area contributed by atoms with Gasteiger partial charge in [0.05, 0.1) is 4.75 Å². The molecule has 5 heteroatoms. The van der Waals surface area contributed by atoms with Crippen LogP contribution in [0.25, 0.3) is 0 Å². The van der Waals surface area contributed by atoms with Crippen molar-refractivity contribution in [3.8, 4) is 0 Å². The molecule has 0 aliphatic carbocycles. The Bertz CT molecular complexity index is 437. The number of rotatable bonds is 3. The Morgan fingerprint density at radius 1 is 1.27 bits per heavy atom. The minimum absolute atomic E-state index is 0.416. The maximum Gasteiger partial charge on any atom is 0.214 e. The van der Waals surface area contributed by atoms with E-state index in [0.717, 1.165) is 10.0 Å². The summed E-state index contributed by atoms with van der Waals surface area (Å²) in [6.45, 7) is 3.26. The summed E-state index contributed by atoms with van der Waals surface area (Å²) in [5, 5.41) is 5.15. The first-order valence-electron chi connectivity index (χ1n) is 4.49. The fourth-order valence-corrected chi connectivity index (χ4v) is 1.83. The molecule has 0 radical (unpaired) electrons. The highest BCUT2D eigenvalue weighted by Crippen LogP contribution is 2.21. The zero-order valence-electron chi connectivity index (χ0n) is 8.70. The van der Waals surface area contributed by atoms with Crippen LogP contribution in [-0.4, -0.2) is 13.2 Å². The lowest BCUT2D eigenvalue weighted by atomic mass is 10.0. The van der Waals surface area contributed by atoms with E-state index in [1.165, 1.54) is 0 Å². The van der Waals surface area contributed by atoms with Gasteiger partial charge in [0.1, 0.15) is 0 Å². The van der Waals surface area contributed by atoms with Crippen LogP contribution in [0, 0.1) is 0 Å². The summed E-state index contributed by atoms with van der Waals surface area (Å²) in [6.07, 6.45) is 0.416. The van der Waals surface area contributed by atoms with Crippen LogP contribution in [0.1, 0.15) is 19.4 Å². The largest absolute Gasteiger partial charge is 0.228 e. The Balaban J connectivity index is 2.92. The molecule has 0 aromatic heterocycles. The van der Waals surface area contributed by atoms with Crippen LogP contribution in [0.5, 0.6) is 0 Å². The van der Waals surface area contributed by atoms with Crippen molar-refractivity contribution in [2.45, 2.75) is 25.0 Å². The van der Waals surface area contributed by atoms with Crippen molar-refractivity contribution >= 4 is 26.0 Å². The number of hydrogen-bond donors (Lipinski definition) is 1. The van der Waals surface area contributed by atoms with Gasteiger partial charge in [-0.25, -0.2) is 13.6 Å². The standard InChI is InChI=1S/C10H14BrNO2S/c1-10(2,15(12,13)14)7-8-3-5-9(11)6-4-8/h3-6H,7H2,1-2H3,(H2,12,13,14). The molecule has 0 bridgehead atoms. The van der Waals surface area contributed by atoms with E-state index >= 15 is 0 Å². The second kappa shape index (κ2) is 4.23. The molecule has 0 heterocycles. The van der Waals surface area contributed by atoms with Gasteiger partial charge in [0.2, 0.25) is 10.0 Å². The van der Waals surface area contributed by atoms with E-state index in [-0.39, 0.29) is 0 Å². The molecule has 0 aliphatic heterocycles. The van der Waals surface area contributed by atoms with Gasteiger partial charge >= 0.3 is 0 Å². The van der Waals surface area contributed by atoms with Crippen molar-refractivity contribution in [1.82, 2.24) is 0 Å². The number of primary sulfonamides is 1. The molecular formula is C10H14BrNO2S. The molecule has 0 saturated carbocycles. The number of sulfonamides is 1. The smallest absolute Gasteiger partial charge is 0.214 e. The number of benzene rings is 1. The van der Waals surface area contributed by atoms with E-state index in [9.17, 15) is 8.42 Å². The third-order valence-corrected chi connectivity index (χ3v) is 4.53. The van der Waals surface area contributed by atoms with Gasteiger partial charge in [0, 0.05) is 4.47 Å². The van der Waals surface area contributed by atoms with Crippen LogP contribution in [-0.2, 0) is 16.4 Å². The minimum atomic E-state index is -3.52. The summed E-state index contributed by atoms with van der Waals surface area (Å²) in [6, 6.07) is 7.54. The molecule has 0 amide bonds. The molecule has 0 unspecified atom stereocenters. The quantitative estimate of drug-likeness (QED) is 0.927. The van der Waals surface area contributed by atoms with Gasteiger partial charge in [0.15, 0.2) is 0 Å². The molecule has 1 aromatic carbocycles. The third kappa shape index (κ3) is 3.29. The van der Waals surface area contributed by atoms with Crippen LogP contribution < -0.4 is 5.14 Å². The Hall–Kier alpha value is -0.390. The average molecular weight is 292 g/mol. The lowest BCUT2D eigenvalue weighted by Crippen LogP contribution is -2.39. The van der Waals surface area contributed by atoms with E-state index in [1.807, 2.05) is 24.3 Å². The van der Waals surface area contributed by atoms with Crippen LogP contribution >= 0.6 is 15.9 Å².